The van der Waals surface area contributed by atoms with Gasteiger partial charge in [-0.3, -0.25) is 9.36 Å². The number of nitriles is 1. The minimum atomic E-state index is -1.68. The molecule has 0 aliphatic rings. The molecule has 0 spiro atoms. The summed E-state index contributed by atoms with van der Waals surface area (Å²) in [6.45, 7) is 6.10. The molecule has 2 aromatic carbocycles. The molecule has 0 amide bonds. The van der Waals surface area contributed by atoms with Gasteiger partial charge in [0, 0.05) is 10.4 Å². The minimum Gasteiger partial charge on any atom is -0.496 e. The maximum Gasteiger partial charge on any atom is 0.333 e. The number of methoxy groups -OCH3 is 1. The van der Waals surface area contributed by atoms with E-state index in [0.29, 0.717) is 28.0 Å². The fourth-order valence-corrected chi connectivity index (χ4v) is 6.11. The quantitative estimate of drug-likeness (QED) is 0.225. The standard InChI is InChI=1S/C31H32FN3O6S/c1-6-25-19(2)26-27(36)35(31(3,4)29(37)41-18-20-10-8-7-9-11-20)30(38)34(28(26)42-25)17-24(40-15-14-33)22-16-21(32)12-13-23(22)39-5/h7-13,16,24H,6,15,17-18H2,1-5H3/t24-/m0/s1. The molecule has 0 aliphatic heterocycles. The highest BCUT2D eigenvalue weighted by atomic mass is 32.1. The number of carbonyl (C=O) groups is 1. The largest absolute Gasteiger partial charge is 0.496 e. The van der Waals surface area contributed by atoms with Gasteiger partial charge < -0.3 is 14.2 Å². The van der Waals surface area contributed by atoms with Gasteiger partial charge in [0.2, 0.25) is 0 Å². The van der Waals surface area contributed by atoms with Crippen molar-refractivity contribution in [2.24, 2.45) is 0 Å². The zero-order chi connectivity index (χ0) is 30.6. The SMILES string of the molecule is CCc1sc2c(c1C)c(=O)n(C(C)(C)C(=O)OCc1ccccc1)c(=O)n2C[C@H](OCC#N)c1cc(F)ccc1OC. The van der Waals surface area contributed by atoms with Crippen molar-refractivity contribution in [3.05, 3.63) is 96.8 Å². The Hall–Kier alpha value is -4.27. The fraction of sp³-hybridized carbons (Fsp3) is 0.355. The summed E-state index contributed by atoms with van der Waals surface area (Å²) in [7, 11) is 1.42. The van der Waals surface area contributed by atoms with Crippen LogP contribution in [0.15, 0.2) is 58.1 Å². The van der Waals surface area contributed by atoms with E-state index in [1.54, 1.807) is 19.1 Å². The molecule has 4 aromatic rings. The monoisotopic (exact) mass is 593 g/mol. The summed E-state index contributed by atoms with van der Waals surface area (Å²) in [5.74, 6) is -1.01. The summed E-state index contributed by atoms with van der Waals surface area (Å²) >= 11 is 1.30. The van der Waals surface area contributed by atoms with E-state index >= 15 is 0 Å². The van der Waals surface area contributed by atoms with Crippen molar-refractivity contribution in [3.63, 3.8) is 0 Å². The lowest BCUT2D eigenvalue weighted by molar-refractivity contribution is -0.154. The first-order valence-electron chi connectivity index (χ1n) is 13.4. The van der Waals surface area contributed by atoms with Crippen LogP contribution in [0.2, 0.25) is 0 Å². The first-order chi connectivity index (χ1) is 20.0. The maximum atomic E-state index is 14.4. The molecule has 0 N–H and O–H groups in total. The Morgan fingerprint density at radius 1 is 1.17 bits per heavy atom. The number of rotatable bonds is 11. The van der Waals surface area contributed by atoms with Crippen LogP contribution >= 0.6 is 11.3 Å². The van der Waals surface area contributed by atoms with Gasteiger partial charge >= 0.3 is 11.7 Å². The first-order valence-corrected chi connectivity index (χ1v) is 14.2. The van der Waals surface area contributed by atoms with E-state index in [9.17, 15) is 24.0 Å². The molecule has 0 bridgehead atoms. The summed E-state index contributed by atoms with van der Waals surface area (Å²) in [6, 6.07) is 14.9. The zero-order valence-electron chi connectivity index (χ0n) is 24.1. The molecule has 0 radical (unpaired) electrons. The fourth-order valence-electron chi connectivity index (χ4n) is 4.88. The van der Waals surface area contributed by atoms with E-state index in [1.165, 1.54) is 55.1 Å². The van der Waals surface area contributed by atoms with Crippen molar-refractivity contribution in [3.8, 4) is 11.8 Å². The number of halogens is 1. The molecule has 2 heterocycles. The van der Waals surface area contributed by atoms with Crippen LogP contribution in [0.3, 0.4) is 0 Å². The highest BCUT2D eigenvalue weighted by Crippen LogP contribution is 2.33. The number of carbonyl (C=O) groups excluding carboxylic acids is 1. The van der Waals surface area contributed by atoms with Gasteiger partial charge in [0.15, 0.2) is 0 Å². The summed E-state index contributed by atoms with van der Waals surface area (Å²) in [6.07, 6.45) is -0.379. The number of aryl methyl sites for hydroxylation is 2. The molecule has 11 heteroatoms. The van der Waals surface area contributed by atoms with Crippen molar-refractivity contribution in [2.45, 2.75) is 58.9 Å². The Labute approximate surface area is 246 Å². The predicted octanol–water partition coefficient (Wildman–Crippen LogP) is 5.00. The van der Waals surface area contributed by atoms with Gasteiger partial charge in [0.05, 0.1) is 25.1 Å². The number of benzene rings is 2. The maximum absolute atomic E-state index is 14.4. The van der Waals surface area contributed by atoms with Gasteiger partial charge in [-0.25, -0.2) is 18.5 Å². The number of ether oxygens (including phenoxy) is 3. The molecule has 0 saturated carbocycles. The van der Waals surface area contributed by atoms with Gasteiger partial charge in [-0.1, -0.05) is 37.3 Å². The molecular formula is C31H32FN3O6S. The topological polar surface area (TPSA) is 113 Å². The Kier molecular flexibility index (Phi) is 9.29. The smallest absolute Gasteiger partial charge is 0.333 e. The van der Waals surface area contributed by atoms with Gasteiger partial charge in [-0.05, 0) is 56.5 Å². The third kappa shape index (κ3) is 5.86. The molecule has 0 saturated heterocycles. The highest BCUT2D eigenvalue weighted by Gasteiger charge is 2.37. The van der Waals surface area contributed by atoms with E-state index in [2.05, 4.69) is 0 Å². The van der Waals surface area contributed by atoms with Crippen LogP contribution in [0.4, 0.5) is 4.39 Å². The Balaban J connectivity index is 1.90. The van der Waals surface area contributed by atoms with Crippen molar-refractivity contribution in [2.75, 3.05) is 13.7 Å². The molecule has 220 valence electrons. The summed E-state index contributed by atoms with van der Waals surface area (Å²) in [4.78, 5) is 42.8. The van der Waals surface area contributed by atoms with Crippen molar-refractivity contribution >= 4 is 27.5 Å². The first kappa shape index (κ1) is 30.7. The van der Waals surface area contributed by atoms with Crippen LogP contribution in [-0.4, -0.2) is 28.8 Å². The number of aromatic nitrogens is 2. The zero-order valence-corrected chi connectivity index (χ0v) is 24.9. The van der Waals surface area contributed by atoms with E-state index in [-0.39, 0.29) is 25.3 Å². The van der Waals surface area contributed by atoms with Crippen LogP contribution in [0.5, 0.6) is 5.75 Å². The second-order valence-corrected chi connectivity index (χ2v) is 11.3. The van der Waals surface area contributed by atoms with E-state index < -0.39 is 34.7 Å². The number of hydrogen-bond donors (Lipinski definition) is 0. The molecule has 0 aliphatic carbocycles. The molecule has 0 fully saturated rings. The van der Waals surface area contributed by atoms with Crippen molar-refractivity contribution < 1.29 is 23.4 Å². The third-order valence-electron chi connectivity index (χ3n) is 7.14. The van der Waals surface area contributed by atoms with Crippen molar-refractivity contribution in [1.29, 1.82) is 5.26 Å². The second-order valence-electron chi connectivity index (χ2n) is 10.2. The van der Waals surface area contributed by atoms with E-state index in [0.717, 1.165) is 15.0 Å². The van der Waals surface area contributed by atoms with Crippen LogP contribution in [-0.2, 0) is 39.4 Å². The van der Waals surface area contributed by atoms with Crippen LogP contribution < -0.4 is 16.0 Å². The number of nitrogens with zero attached hydrogens (tertiary/aromatic N) is 3. The molecule has 2 aromatic heterocycles. The normalized spacial score (nSPS) is 12.2. The van der Waals surface area contributed by atoms with Crippen LogP contribution in [0.25, 0.3) is 10.2 Å². The van der Waals surface area contributed by atoms with Gasteiger partial charge in [0.1, 0.15) is 41.3 Å². The third-order valence-corrected chi connectivity index (χ3v) is 8.60. The molecule has 9 nitrogen and oxygen atoms in total. The van der Waals surface area contributed by atoms with Gasteiger partial charge in [0.25, 0.3) is 5.56 Å². The molecule has 4 rings (SSSR count). The van der Waals surface area contributed by atoms with Gasteiger partial charge in [-0.2, -0.15) is 5.26 Å². The van der Waals surface area contributed by atoms with Crippen LogP contribution in [0.1, 0.15) is 48.4 Å². The number of fused-ring (bicyclic) bond motifs is 1. The van der Waals surface area contributed by atoms with Gasteiger partial charge in [-0.15, -0.1) is 11.3 Å². The second kappa shape index (κ2) is 12.7. The Bertz CT molecular complexity index is 1770. The lowest BCUT2D eigenvalue weighted by atomic mass is 10.0. The number of thiophene rings is 1. The Morgan fingerprint density at radius 2 is 1.88 bits per heavy atom. The predicted molar refractivity (Wildman–Crippen MR) is 157 cm³/mol. The number of esters is 1. The summed E-state index contributed by atoms with van der Waals surface area (Å²) in [5, 5.41) is 9.54. The Morgan fingerprint density at radius 3 is 2.52 bits per heavy atom. The molecular weight excluding hydrogens is 561 g/mol. The average Bonchev–Trinajstić information content (AvgIpc) is 3.32. The summed E-state index contributed by atoms with van der Waals surface area (Å²) < 4.78 is 33.4. The average molecular weight is 594 g/mol. The summed E-state index contributed by atoms with van der Waals surface area (Å²) in [5.41, 5.74) is -1.31. The van der Waals surface area contributed by atoms with E-state index in [1.807, 2.05) is 31.2 Å². The lowest BCUT2D eigenvalue weighted by Crippen LogP contribution is -2.53. The van der Waals surface area contributed by atoms with Crippen LogP contribution in [0, 0.1) is 24.1 Å². The minimum absolute atomic E-state index is 0.0325. The molecule has 42 heavy (non-hydrogen) atoms. The lowest BCUT2D eigenvalue weighted by Gasteiger charge is -2.27. The number of hydrogen-bond acceptors (Lipinski definition) is 8. The van der Waals surface area contributed by atoms with E-state index in [4.69, 9.17) is 14.2 Å². The highest BCUT2D eigenvalue weighted by molar-refractivity contribution is 7.18. The van der Waals surface area contributed by atoms with Crippen molar-refractivity contribution in [1.82, 2.24) is 9.13 Å². The molecule has 1 atom stereocenters. The molecule has 0 unspecified atom stereocenters.